The molecule has 0 fully saturated rings. The van der Waals surface area contributed by atoms with E-state index in [0.29, 0.717) is 0 Å². The Morgan fingerprint density at radius 3 is 1.00 bits per heavy atom. The molecule has 0 unspecified atom stereocenters. The van der Waals surface area contributed by atoms with Gasteiger partial charge in [0.15, 0.2) is 46.0 Å². The highest BCUT2D eigenvalue weighted by atomic mass is 127. The number of H-pyrrole nitrogens is 2. The zero-order valence-corrected chi connectivity index (χ0v) is 33.5. The molecule has 9 rings (SSSR count). The molecule has 0 radical (unpaired) electrons. The van der Waals surface area contributed by atoms with E-state index in [4.69, 9.17) is 20.8 Å². The molecular formula is C45H30I2N4O4. The molecular weight excluding hydrogens is 914 g/mol. The summed E-state index contributed by atoms with van der Waals surface area (Å²) in [4.78, 5) is 18.2. The second-order valence-electron chi connectivity index (χ2n) is 13.0. The number of benzene rings is 4. The highest BCUT2D eigenvalue weighted by Crippen LogP contribution is 2.39. The highest BCUT2D eigenvalue weighted by Gasteiger charge is 2.19. The van der Waals surface area contributed by atoms with E-state index in [2.05, 4.69) is 82.8 Å². The predicted octanol–water partition coefficient (Wildman–Crippen LogP) is 12.5. The van der Waals surface area contributed by atoms with Gasteiger partial charge in [0, 0.05) is 44.3 Å². The molecule has 0 saturated heterocycles. The zero-order chi connectivity index (χ0) is 37.5. The normalized spacial score (nSPS) is 11.8. The van der Waals surface area contributed by atoms with Gasteiger partial charge in [0.1, 0.15) is 23.0 Å². The number of hydrogen-bond donors (Lipinski definition) is 3. The first-order valence-corrected chi connectivity index (χ1v) is 19.1. The van der Waals surface area contributed by atoms with Gasteiger partial charge in [-0.3, -0.25) is 0 Å². The van der Waals surface area contributed by atoms with Gasteiger partial charge in [0.2, 0.25) is 0 Å². The monoisotopic (exact) mass is 944 g/mol. The molecule has 0 atom stereocenters. The molecule has 0 saturated carbocycles. The van der Waals surface area contributed by atoms with Gasteiger partial charge in [0.25, 0.3) is 0 Å². The summed E-state index contributed by atoms with van der Waals surface area (Å²) in [5.74, 6) is 2.47. The molecule has 5 heterocycles. The number of hydrogen-bond acceptors (Lipinski definition) is 6. The Morgan fingerprint density at radius 1 is 0.418 bits per heavy atom. The van der Waals surface area contributed by atoms with Crippen molar-refractivity contribution in [2.75, 3.05) is 7.11 Å². The second-order valence-corrected chi connectivity index (χ2v) is 13.9. The van der Waals surface area contributed by atoms with Crippen LogP contribution in [0, 0.1) is 0 Å². The van der Waals surface area contributed by atoms with Gasteiger partial charge >= 0.3 is 0 Å². The molecule has 0 aliphatic carbocycles. The summed E-state index contributed by atoms with van der Waals surface area (Å²) in [5.41, 5.74) is 14.3. The molecule has 3 N–H and O–H groups in total. The SMILES string of the molecule is COc1ccc(-c2c3nc(c(-c4ccc(OI)cc4)c4ccc([nH]4)c(-c4ccc(OI)cc4)c4nc(c(-c5ccc(O)cc5)c5ccc2[nH]5)C=C4)C=C3)cc1. The number of aromatic amines is 2. The van der Waals surface area contributed by atoms with Crippen LogP contribution in [0.25, 0.3) is 90.9 Å². The Kier molecular flexibility index (Phi) is 9.36. The van der Waals surface area contributed by atoms with Crippen LogP contribution >= 0.6 is 46.0 Å². The van der Waals surface area contributed by atoms with Crippen LogP contribution in [0.2, 0.25) is 0 Å². The average molecular weight is 945 g/mol. The Labute approximate surface area is 344 Å². The van der Waals surface area contributed by atoms with Crippen molar-refractivity contribution in [1.29, 1.82) is 0 Å². The van der Waals surface area contributed by atoms with Crippen LogP contribution in [0.4, 0.5) is 0 Å². The van der Waals surface area contributed by atoms with Crippen LogP contribution in [0.15, 0.2) is 121 Å². The third-order valence-electron chi connectivity index (χ3n) is 9.75. The molecule has 0 spiro atoms. The Hall–Kier alpha value is -5.86. The van der Waals surface area contributed by atoms with Crippen molar-refractivity contribution in [1.82, 2.24) is 19.9 Å². The van der Waals surface area contributed by atoms with Gasteiger partial charge in [-0.2, -0.15) is 0 Å². The summed E-state index contributed by atoms with van der Waals surface area (Å²) in [6.45, 7) is 0. The van der Waals surface area contributed by atoms with Crippen LogP contribution in [0.5, 0.6) is 23.0 Å². The number of fused-ring (bicyclic) bond motifs is 8. The maximum atomic E-state index is 10.2. The molecule has 2 aliphatic rings. The molecule has 268 valence electrons. The van der Waals surface area contributed by atoms with Crippen LogP contribution in [0.3, 0.4) is 0 Å². The van der Waals surface area contributed by atoms with Gasteiger partial charge in [-0.05, 0) is 119 Å². The van der Waals surface area contributed by atoms with E-state index in [-0.39, 0.29) is 5.75 Å². The standard InChI is InChI=1S/C45H30I2N4O4/c1-53-31-12-4-27(5-13-31)43-36-20-18-34(48-36)42(26-2-10-30(52)11-3-26)35-19-21-38(49-35)44(28-6-14-32(54-46)15-7-28)40-24-25-41(51-40)45(39-23-22-37(43)50-39)29-8-16-33(55-47)17-9-29/h2-25,48,51-52H,1H3. The number of phenols is 1. The Bertz CT molecular complexity index is 2760. The van der Waals surface area contributed by atoms with E-state index < -0.39 is 0 Å². The second kappa shape index (κ2) is 14.8. The van der Waals surface area contributed by atoms with E-state index in [0.717, 1.165) is 107 Å². The Balaban J connectivity index is 1.44. The van der Waals surface area contributed by atoms with E-state index in [1.54, 1.807) is 19.2 Å². The fourth-order valence-corrected chi connectivity index (χ4v) is 7.74. The molecule has 8 bridgehead atoms. The minimum Gasteiger partial charge on any atom is -0.508 e. The van der Waals surface area contributed by atoms with Crippen molar-refractivity contribution in [3.63, 3.8) is 0 Å². The van der Waals surface area contributed by atoms with E-state index >= 15 is 0 Å². The van der Waals surface area contributed by atoms with Crippen molar-refractivity contribution < 1.29 is 16.0 Å². The smallest absolute Gasteiger partial charge is 0.192 e. The predicted molar refractivity (Wildman–Crippen MR) is 238 cm³/mol. The average Bonchev–Trinajstić information content (AvgIpc) is 4.07. The lowest BCUT2D eigenvalue weighted by Crippen LogP contribution is -1.90. The number of halogens is 2. The topological polar surface area (TPSA) is 105 Å². The summed E-state index contributed by atoms with van der Waals surface area (Å²) < 4.78 is 16.5. The fraction of sp³-hybridized carbons (Fsp3) is 0.0222. The molecule has 8 nitrogen and oxygen atoms in total. The van der Waals surface area contributed by atoms with E-state index in [1.807, 2.05) is 107 Å². The van der Waals surface area contributed by atoms with Gasteiger partial charge in [-0.15, -0.1) is 0 Å². The first kappa shape index (κ1) is 34.9. The molecule has 3 aromatic heterocycles. The number of ether oxygens (including phenoxy) is 1. The van der Waals surface area contributed by atoms with Gasteiger partial charge in [0.05, 0.1) is 29.9 Å². The van der Waals surface area contributed by atoms with Crippen molar-refractivity contribution in [2.45, 2.75) is 0 Å². The quantitative estimate of drug-likeness (QED) is 0.138. The van der Waals surface area contributed by atoms with Crippen molar-refractivity contribution in [3.05, 3.63) is 144 Å². The highest BCUT2D eigenvalue weighted by molar-refractivity contribution is 14.1. The zero-order valence-electron chi connectivity index (χ0n) is 29.2. The third kappa shape index (κ3) is 6.65. The van der Waals surface area contributed by atoms with Gasteiger partial charge in [-0.1, -0.05) is 48.5 Å². The lowest BCUT2D eigenvalue weighted by molar-refractivity contribution is 0.415. The lowest BCUT2D eigenvalue weighted by Gasteiger charge is -2.08. The maximum Gasteiger partial charge on any atom is 0.192 e. The van der Waals surface area contributed by atoms with Crippen molar-refractivity contribution in [3.8, 4) is 67.5 Å². The molecule has 55 heavy (non-hydrogen) atoms. The Morgan fingerprint density at radius 2 is 0.709 bits per heavy atom. The van der Waals surface area contributed by atoms with Crippen molar-refractivity contribution in [2.24, 2.45) is 0 Å². The van der Waals surface area contributed by atoms with Crippen LogP contribution in [-0.2, 0) is 0 Å². The number of aromatic nitrogens is 4. The largest absolute Gasteiger partial charge is 0.508 e. The first-order chi connectivity index (χ1) is 27.0. The summed E-state index contributed by atoms with van der Waals surface area (Å²) in [6.07, 6.45) is 8.26. The fourth-order valence-electron chi connectivity index (χ4n) is 7.15. The maximum absolute atomic E-state index is 10.2. The van der Waals surface area contributed by atoms with Crippen molar-refractivity contribution >= 4 is 92.4 Å². The minimum atomic E-state index is 0.191. The first-order valence-electron chi connectivity index (χ1n) is 17.4. The molecule has 10 heteroatoms. The number of methoxy groups -OCH3 is 1. The lowest BCUT2D eigenvalue weighted by atomic mass is 10.0. The number of phenolic OH excluding ortho intramolecular Hbond substituents is 1. The number of nitrogens with zero attached hydrogens (tertiary/aromatic N) is 2. The number of rotatable bonds is 7. The molecule has 4 aromatic carbocycles. The summed E-state index contributed by atoms with van der Waals surface area (Å²) in [5, 5.41) is 10.2. The van der Waals surface area contributed by atoms with Gasteiger partial charge < -0.3 is 25.9 Å². The molecule has 7 aromatic rings. The summed E-state index contributed by atoms with van der Waals surface area (Å²) >= 11 is 3.80. The van der Waals surface area contributed by atoms with Crippen LogP contribution in [0.1, 0.15) is 22.8 Å². The van der Waals surface area contributed by atoms with Crippen LogP contribution in [-0.4, -0.2) is 32.2 Å². The number of nitrogens with one attached hydrogen (secondary N) is 2. The molecule has 2 aliphatic heterocycles. The third-order valence-corrected chi connectivity index (χ3v) is 10.8. The molecule has 0 amide bonds. The van der Waals surface area contributed by atoms with Crippen LogP contribution < -0.4 is 10.9 Å². The number of aromatic hydroxyl groups is 1. The summed E-state index contributed by atoms with van der Waals surface area (Å²) in [6, 6.07) is 39.7. The van der Waals surface area contributed by atoms with E-state index in [1.165, 1.54) is 0 Å². The summed E-state index contributed by atoms with van der Waals surface area (Å²) in [7, 11) is 1.67. The van der Waals surface area contributed by atoms with E-state index in [9.17, 15) is 5.11 Å². The minimum absolute atomic E-state index is 0.191. The van der Waals surface area contributed by atoms with Gasteiger partial charge in [-0.25, -0.2) is 9.97 Å².